The van der Waals surface area contributed by atoms with Gasteiger partial charge in [-0.1, -0.05) is 0 Å². The van der Waals surface area contributed by atoms with Crippen LogP contribution in [0.15, 0.2) is 30.6 Å². The van der Waals surface area contributed by atoms with Crippen molar-refractivity contribution in [1.82, 2.24) is 24.6 Å². The summed E-state index contributed by atoms with van der Waals surface area (Å²) in [7, 11) is 3.87. The first-order valence-corrected chi connectivity index (χ1v) is 6.75. The fourth-order valence-electron chi connectivity index (χ4n) is 2.64. The second-order valence-electron chi connectivity index (χ2n) is 5.27. The van der Waals surface area contributed by atoms with Crippen molar-refractivity contribution in [3.63, 3.8) is 0 Å². The van der Waals surface area contributed by atoms with E-state index in [1.54, 1.807) is 24.0 Å². The number of amides is 1. The Morgan fingerprint density at radius 2 is 2.30 bits per heavy atom. The molecule has 1 N–H and O–H groups in total. The van der Waals surface area contributed by atoms with E-state index in [9.17, 15) is 4.79 Å². The Kier molecular flexibility index (Phi) is 3.31. The van der Waals surface area contributed by atoms with Crippen molar-refractivity contribution in [2.24, 2.45) is 7.05 Å². The van der Waals surface area contributed by atoms with Gasteiger partial charge in [-0.3, -0.25) is 14.4 Å². The van der Waals surface area contributed by atoms with E-state index in [0.717, 1.165) is 13.1 Å². The van der Waals surface area contributed by atoms with Gasteiger partial charge >= 0.3 is 0 Å². The quantitative estimate of drug-likeness (QED) is 0.884. The van der Waals surface area contributed by atoms with Crippen LogP contribution in [0.2, 0.25) is 0 Å². The van der Waals surface area contributed by atoms with Crippen LogP contribution in [0.4, 0.5) is 0 Å². The second-order valence-corrected chi connectivity index (χ2v) is 5.27. The Bertz CT molecular complexity index is 615. The van der Waals surface area contributed by atoms with E-state index in [4.69, 9.17) is 0 Å². The topological polar surface area (TPSA) is 55.1 Å². The highest BCUT2D eigenvalue weighted by Crippen LogP contribution is 2.16. The van der Waals surface area contributed by atoms with Crippen molar-refractivity contribution in [2.75, 3.05) is 13.6 Å². The van der Waals surface area contributed by atoms with Crippen molar-refractivity contribution >= 4 is 5.91 Å². The summed E-state index contributed by atoms with van der Waals surface area (Å²) in [5.41, 5.74) is 1.91. The molecule has 1 aliphatic heterocycles. The fourth-order valence-corrected chi connectivity index (χ4v) is 2.64. The van der Waals surface area contributed by atoms with Crippen molar-refractivity contribution in [1.29, 1.82) is 0 Å². The number of fused-ring (bicyclic) bond motifs is 1. The lowest BCUT2D eigenvalue weighted by atomic mass is 10.2. The predicted molar refractivity (Wildman–Crippen MR) is 75.2 cm³/mol. The summed E-state index contributed by atoms with van der Waals surface area (Å²) in [6, 6.07) is 6.25. The molecule has 0 bridgehead atoms. The molecule has 0 saturated carbocycles. The van der Waals surface area contributed by atoms with Gasteiger partial charge < -0.3 is 9.88 Å². The summed E-state index contributed by atoms with van der Waals surface area (Å²) in [6.07, 6.45) is 3.73. The molecule has 0 saturated heterocycles. The first-order chi connectivity index (χ1) is 9.65. The van der Waals surface area contributed by atoms with Crippen molar-refractivity contribution in [3.8, 4) is 0 Å². The molecule has 6 nitrogen and oxygen atoms in total. The fraction of sp³-hybridized carbons (Fsp3) is 0.429. The molecule has 106 valence electrons. The van der Waals surface area contributed by atoms with Gasteiger partial charge in [0.15, 0.2) is 0 Å². The molecule has 1 unspecified atom stereocenters. The highest BCUT2D eigenvalue weighted by atomic mass is 16.2. The zero-order valence-electron chi connectivity index (χ0n) is 11.8. The number of aromatic nitrogens is 3. The van der Waals surface area contributed by atoms with E-state index in [0.29, 0.717) is 18.3 Å². The average Bonchev–Trinajstić information content (AvgIpc) is 3.04. The van der Waals surface area contributed by atoms with E-state index in [1.807, 2.05) is 0 Å². The van der Waals surface area contributed by atoms with Crippen molar-refractivity contribution in [2.45, 2.75) is 19.1 Å². The third-order valence-corrected chi connectivity index (χ3v) is 3.92. The van der Waals surface area contributed by atoms with Gasteiger partial charge in [0.2, 0.25) is 0 Å². The number of carbonyl (C=O) groups excluding carboxylic acids is 1. The highest BCUT2D eigenvalue weighted by Gasteiger charge is 2.23. The van der Waals surface area contributed by atoms with Gasteiger partial charge in [-0.05, 0) is 25.2 Å². The Balaban J connectivity index is 1.62. The Morgan fingerprint density at radius 1 is 1.45 bits per heavy atom. The predicted octanol–water partition coefficient (Wildman–Crippen LogP) is 0.466. The average molecular weight is 273 g/mol. The minimum absolute atomic E-state index is 0.0725. The lowest BCUT2D eigenvalue weighted by Crippen LogP contribution is -2.47. The number of nitrogens with one attached hydrogen (secondary N) is 1. The molecule has 20 heavy (non-hydrogen) atoms. The van der Waals surface area contributed by atoms with Gasteiger partial charge in [-0.25, -0.2) is 0 Å². The second kappa shape index (κ2) is 5.13. The number of nitrogens with zero attached hydrogens (tertiary/aromatic N) is 4. The number of hydrogen-bond acceptors (Lipinski definition) is 3. The summed E-state index contributed by atoms with van der Waals surface area (Å²) in [4.78, 5) is 14.4. The molecule has 0 fully saturated rings. The number of hydrogen-bond donors (Lipinski definition) is 1. The summed E-state index contributed by atoms with van der Waals surface area (Å²) in [5.74, 6) is -0.0725. The van der Waals surface area contributed by atoms with Gasteiger partial charge in [0, 0.05) is 50.8 Å². The molecule has 2 aromatic rings. The third-order valence-electron chi connectivity index (χ3n) is 3.92. The Hall–Kier alpha value is -2.08. The van der Waals surface area contributed by atoms with E-state index in [2.05, 4.69) is 45.3 Å². The van der Waals surface area contributed by atoms with Crippen molar-refractivity contribution in [3.05, 3.63) is 42.0 Å². The Labute approximate surface area is 118 Å². The molecule has 1 atom stereocenters. The minimum Gasteiger partial charge on any atom is -0.349 e. The molecule has 0 radical (unpaired) electrons. The van der Waals surface area contributed by atoms with Crippen LogP contribution in [0, 0.1) is 0 Å². The van der Waals surface area contributed by atoms with Crippen LogP contribution < -0.4 is 5.32 Å². The van der Waals surface area contributed by atoms with E-state index >= 15 is 0 Å². The maximum atomic E-state index is 12.1. The normalized spacial score (nSPS) is 18.8. The van der Waals surface area contributed by atoms with Crippen LogP contribution in [-0.2, 0) is 20.1 Å². The first-order valence-electron chi connectivity index (χ1n) is 6.75. The zero-order chi connectivity index (χ0) is 14.1. The molecular formula is C14H19N5O. The van der Waals surface area contributed by atoms with Gasteiger partial charge in [0.05, 0.1) is 0 Å². The Morgan fingerprint density at radius 3 is 3.05 bits per heavy atom. The SMILES string of the molecule is CN1Cc2cccn2CC1CNC(=O)c1ccnn1C. The van der Waals surface area contributed by atoms with Crippen LogP contribution in [0.1, 0.15) is 16.2 Å². The summed E-state index contributed by atoms with van der Waals surface area (Å²) >= 11 is 0. The van der Waals surface area contributed by atoms with Gasteiger partial charge in [0.25, 0.3) is 5.91 Å². The van der Waals surface area contributed by atoms with Crippen LogP contribution >= 0.6 is 0 Å². The summed E-state index contributed by atoms with van der Waals surface area (Å²) in [6.45, 7) is 2.46. The number of carbonyl (C=O) groups is 1. The summed E-state index contributed by atoms with van der Waals surface area (Å²) in [5, 5.41) is 7.01. The van der Waals surface area contributed by atoms with Crippen molar-refractivity contribution < 1.29 is 4.79 Å². The maximum absolute atomic E-state index is 12.1. The monoisotopic (exact) mass is 273 g/mol. The number of likely N-dealkylation sites (N-methyl/N-ethyl adjacent to an activating group) is 1. The van der Waals surface area contributed by atoms with Crippen LogP contribution in [0.5, 0.6) is 0 Å². The largest absolute Gasteiger partial charge is 0.349 e. The lowest BCUT2D eigenvalue weighted by molar-refractivity contribution is 0.0916. The van der Waals surface area contributed by atoms with Gasteiger partial charge in [0.1, 0.15) is 5.69 Å². The zero-order valence-corrected chi connectivity index (χ0v) is 11.8. The molecular weight excluding hydrogens is 254 g/mol. The molecule has 2 aromatic heterocycles. The van der Waals surface area contributed by atoms with Gasteiger partial charge in [-0.2, -0.15) is 5.10 Å². The first kappa shape index (κ1) is 12.9. The third kappa shape index (κ3) is 2.34. The smallest absolute Gasteiger partial charge is 0.269 e. The molecule has 1 aliphatic rings. The highest BCUT2D eigenvalue weighted by molar-refractivity contribution is 5.92. The molecule has 0 aromatic carbocycles. The minimum atomic E-state index is -0.0725. The van der Waals surface area contributed by atoms with E-state index in [1.165, 1.54) is 5.69 Å². The molecule has 3 heterocycles. The molecule has 3 rings (SSSR count). The maximum Gasteiger partial charge on any atom is 0.269 e. The standard InChI is InChI=1S/C14H19N5O/c1-17-9-11-4-3-7-19(11)10-12(17)8-15-14(20)13-5-6-16-18(13)2/h3-7,12H,8-10H2,1-2H3,(H,15,20). The molecule has 0 spiro atoms. The molecule has 6 heteroatoms. The summed E-state index contributed by atoms with van der Waals surface area (Å²) < 4.78 is 3.84. The van der Waals surface area contributed by atoms with Gasteiger partial charge in [-0.15, -0.1) is 0 Å². The van der Waals surface area contributed by atoms with Crippen LogP contribution in [0.25, 0.3) is 0 Å². The number of rotatable bonds is 3. The molecule has 1 amide bonds. The van der Waals surface area contributed by atoms with E-state index in [-0.39, 0.29) is 5.91 Å². The lowest BCUT2D eigenvalue weighted by Gasteiger charge is -2.34. The molecule has 0 aliphatic carbocycles. The van der Waals surface area contributed by atoms with Crippen LogP contribution in [0.3, 0.4) is 0 Å². The van der Waals surface area contributed by atoms with E-state index < -0.39 is 0 Å². The number of aryl methyl sites for hydroxylation is 1. The van der Waals surface area contributed by atoms with Crippen LogP contribution in [-0.4, -0.2) is 44.8 Å².